The molecular weight excluding hydrogens is 300 g/mol. The third kappa shape index (κ3) is 7.62. The Morgan fingerprint density at radius 1 is 1.38 bits per heavy atom. The summed E-state index contributed by atoms with van der Waals surface area (Å²) in [6, 6.07) is 0. The van der Waals surface area contributed by atoms with Crippen molar-refractivity contribution in [1.82, 2.24) is 25.4 Å². The van der Waals surface area contributed by atoms with Crippen LogP contribution >= 0.6 is 0 Å². The normalized spacial score (nSPS) is 12.9. The van der Waals surface area contributed by atoms with Gasteiger partial charge in [-0.15, -0.1) is 16.8 Å². The average Bonchev–Trinajstić information content (AvgIpc) is 3.06. The van der Waals surface area contributed by atoms with Gasteiger partial charge in [-0.1, -0.05) is 46.1 Å². The number of rotatable bonds is 12. The van der Waals surface area contributed by atoms with Gasteiger partial charge in [0.25, 0.3) is 0 Å². The molecule has 0 aromatic carbocycles. The van der Waals surface area contributed by atoms with Crippen LogP contribution in [0.25, 0.3) is 0 Å². The largest absolute Gasteiger partial charge is 0.355 e. The van der Waals surface area contributed by atoms with Crippen LogP contribution in [0.4, 0.5) is 0 Å². The molecule has 2 N–H and O–H groups in total. The number of aryl methyl sites for hydroxylation is 1. The van der Waals surface area contributed by atoms with Gasteiger partial charge in [-0.2, -0.15) is 0 Å². The van der Waals surface area contributed by atoms with Gasteiger partial charge in [-0.05, 0) is 12.3 Å². The van der Waals surface area contributed by atoms with Gasteiger partial charge in [-0.25, -0.2) is 0 Å². The lowest BCUT2D eigenvalue weighted by molar-refractivity contribution is 0.461. The first-order valence-electron chi connectivity index (χ1n) is 9.24. The SMILES string of the molecule is C=CCNC(=NCC(CC)CCCC)NCCn1cnnc1CC. The Hall–Kier alpha value is -1.85. The van der Waals surface area contributed by atoms with Crippen molar-refractivity contribution in [2.24, 2.45) is 10.9 Å². The molecule has 0 aliphatic heterocycles. The number of aliphatic imine (C=N–C) groups is 1. The Morgan fingerprint density at radius 3 is 2.88 bits per heavy atom. The summed E-state index contributed by atoms with van der Waals surface area (Å²) < 4.78 is 2.08. The van der Waals surface area contributed by atoms with E-state index < -0.39 is 0 Å². The highest BCUT2D eigenvalue weighted by molar-refractivity contribution is 5.79. The topological polar surface area (TPSA) is 67.1 Å². The molecule has 24 heavy (non-hydrogen) atoms. The Balaban J connectivity index is 2.50. The quantitative estimate of drug-likeness (QED) is 0.350. The molecule has 1 aromatic heterocycles. The molecule has 1 atom stereocenters. The number of hydrogen-bond acceptors (Lipinski definition) is 3. The number of nitrogens with zero attached hydrogens (tertiary/aromatic N) is 4. The molecule has 0 spiro atoms. The van der Waals surface area contributed by atoms with Crippen LogP contribution in [0.2, 0.25) is 0 Å². The van der Waals surface area contributed by atoms with E-state index in [1.54, 1.807) is 6.33 Å². The predicted octanol–water partition coefficient (Wildman–Crippen LogP) is 2.78. The van der Waals surface area contributed by atoms with Crippen LogP contribution < -0.4 is 10.6 Å². The fraction of sp³-hybridized carbons (Fsp3) is 0.722. The van der Waals surface area contributed by atoms with Gasteiger partial charge in [-0.3, -0.25) is 4.99 Å². The molecule has 0 saturated carbocycles. The molecule has 0 radical (unpaired) electrons. The highest BCUT2D eigenvalue weighted by atomic mass is 15.3. The zero-order chi connectivity index (χ0) is 17.6. The van der Waals surface area contributed by atoms with E-state index in [0.717, 1.165) is 37.8 Å². The fourth-order valence-electron chi connectivity index (χ4n) is 2.52. The lowest BCUT2D eigenvalue weighted by atomic mass is 10.00. The zero-order valence-corrected chi connectivity index (χ0v) is 15.6. The molecule has 0 fully saturated rings. The Labute approximate surface area is 146 Å². The van der Waals surface area contributed by atoms with E-state index in [9.17, 15) is 0 Å². The van der Waals surface area contributed by atoms with Crippen molar-refractivity contribution in [3.8, 4) is 0 Å². The first-order chi connectivity index (χ1) is 11.7. The highest BCUT2D eigenvalue weighted by Crippen LogP contribution is 2.12. The molecule has 0 aliphatic rings. The molecule has 1 heterocycles. The highest BCUT2D eigenvalue weighted by Gasteiger charge is 2.06. The van der Waals surface area contributed by atoms with E-state index in [4.69, 9.17) is 4.99 Å². The van der Waals surface area contributed by atoms with Crippen LogP contribution in [0.1, 0.15) is 52.3 Å². The summed E-state index contributed by atoms with van der Waals surface area (Å²) in [5, 5.41) is 14.8. The summed E-state index contributed by atoms with van der Waals surface area (Å²) in [6.07, 6.45) is 9.49. The Bertz CT molecular complexity index is 480. The second kappa shape index (κ2) is 12.6. The summed E-state index contributed by atoms with van der Waals surface area (Å²) in [5.41, 5.74) is 0. The number of hydrogen-bond donors (Lipinski definition) is 2. The van der Waals surface area contributed by atoms with Crippen LogP contribution in [0.5, 0.6) is 0 Å². The number of guanidine groups is 1. The van der Waals surface area contributed by atoms with Crippen molar-refractivity contribution in [3.63, 3.8) is 0 Å². The second-order valence-corrected chi connectivity index (χ2v) is 6.00. The Morgan fingerprint density at radius 2 is 2.21 bits per heavy atom. The molecule has 0 bridgehead atoms. The minimum atomic E-state index is 0.664. The summed E-state index contributed by atoms with van der Waals surface area (Å²) >= 11 is 0. The first-order valence-corrected chi connectivity index (χ1v) is 9.24. The third-order valence-electron chi connectivity index (χ3n) is 4.12. The van der Waals surface area contributed by atoms with Gasteiger partial charge in [0.1, 0.15) is 12.2 Å². The molecule has 6 nitrogen and oxygen atoms in total. The van der Waals surface area contributed by atoms with Crippen molar-refractivity contribution in [2.75, 3.05) is 19.6 Å². The molecular formula is C18H34N6. The number of nitrogens with one attached hydrogen (secondary N) is 2. The summed E-state index contributed by atoms with van der Waals surface area (Å²) in [4.78, 5) is 4.75. The monoisotopic (exact) mass is 334 g/mol. The molecule has 0 saturated heterocycles. The van der Waals surface area contributed by atoms with Crippen molar-refractivity contribution < 1.29 is 0 Å². The smallest absolute Gasteiger partial charge is 0.191 e. The van der Waals surface area contributed by atoms with Crippen LogP contribution in [-0.2, 0) is 13.0 Å². The van der Waals surface area contributed by atoms with Crippen LogP contribution in [0, 0.1) is 5.92 Å². The minimum absolute atomic E-state index is 0.664. The first kappa shape index (κ1) is 20.2. The van der Waals surface area contributed by atoms with Gasteiger partial charge < -0.3 is 15.2 Å². The zero-order valence-electron chi connectivity index (χ0n) is 15.6. The average molecular weight is 335 g/mol. The lowest BCUT2D eigenvalue weighted by Crippen LogP contribution is -2.39. The maximum Gasteiger partial charge on any atom is 0.191 e. The van der Waals surface area contributed by atoms with E-state index in [1.807, 2.05) is 6.08 Å². The van der Waals surface area contributed by atoms with Crippen molar-refractivity contribution >= 4 is 5.96 Å². The predicted molar refractivity (Wildman–Crippen MR) is 101 cm³/mol. The second-order valence-electron chi connectivity index (χ2n) is 6.00. The van der Waals surface area contributed by atoms with E-state index in [2.05, 4.69) is 52.7 Å². The number of aromatic nitrogens is 3. The van der Waals surface area contributed by atoms with Crippen molar-refractivity contribution in [2.45, 2.75) is 59.4 Å². The summed E-state index contributed by atoms with van der Waals surface area (Å²) in [5.74, 6) is 2.53. The molecule has 1 aromatic rings. The van der Waals surface area contributed by atoms with Crippen molar-refractivity contribution in [3.05, 3.63) is 24.8 Å². The van der Waals surface area contributed by atoms with E-state index in [-0.39, 0.29) is 0 Å². The molecule has 136 valence electrons. The van der Waals surface area contributed by atoms with Gasteiger partial charge in [0.05, 0.1) is 0 Å². The Kier molecular flexibility index (Phi) is 10.6. The van der Waals surface area contributed by atoms with E-state index >= 15 is 0 Å². The number of unbranched alkanes of at least 4 members (excludes halogenated alkanes) is 1. The fourth-order valence-corrected chi connectivity index (χ4v) is 2.52. The summed E-state index contributed by atoms with van der Waals surface area (Å²) in [6.45, 7) is 13.5. The molecule has 0 amide bonds. The van der Waals surface area contributed by atoms with Crippen molar-refractivity contribution in [1.29, 1.82) is 0 Å². The van der Waals surface area contributed by atoms with Gasteiger partial charge in [0.15, 0.2) is 5.96 Å². The van der Waals surface area contributed by atoms with E-state index in [1.165, 1.54) is 25.7 Å². The van der Waals surface area contributed by atoms with Gasteiger partial charge >= 0.3 is 0 Å². The minimum Gasteiger partial charge on any atom is -0.355 e. The lowest BCUT2D eigenvalue weighted by Gasteiger charge is -2.15. The molecule has 0 aliphatic carbocycles. The molecule has 1 unspecified atom stereocenters. The van der Waals surface area contributed by atoms with Crippen LogP contribution in [0.3, 0.4) is 0 Å². The standard InChI is InChI=1S/C18H34N6/c1-5-9-10-16(7-3)14-21-18(19-11-6-2)20-12-13-24-15-22-23-17(24)8-4/h6,15-16H,2,5,7-14H2,1,3-4H3,(H2,19,20,21). The molecule has 1 rings (SSSR count). The van der Waals surface area contributed by atoms with Crippen LogP contribution in [-0.4, -0.2) is 40.4 Å². The summed E-state index contributed by atoms with van der Waals surface area (Å²) in [7, 11) is 0. The maximum atomic E-state index is 4.75. The van der Waals surface area contributed by atoms with Gasteiger partial charge in [0.2, 0.25) is 0 Å². The van der Waals surface area contributed by atoms with Crippen LogP contribution in [0.15, 0.2) is 24.0 Å². The molecule has 6 heteroatoms. The third-order valence-corrected chi connectivity index (χ3v) is 4.12. The maximum absolute atomic E-state index is 4.75. The van der Waals surface area contributed by atoms with Gasteiger partial charge in [0, 0.05) is 32.6 Å². The van der Waals surface area contributed by atoms with E-state index in [0.29, 0.717) is 12.5 Å².